The lowest BCUT2D eigenvalue weighted by Crippen LogP contribution is -2.34. The first-order valence-electron chi connectivity index (χ1n) is 7.65. The van der Waals surface area contributed by atoms with Gasteiger partial charge in [-0.3, -0.25) is 14.3 Å². The summed E-state index contributed by atoms with van der Waals surface area (Å²) in [5.41, 5.74) is 1.26. The molecule has 2 rings (SSSR count). The molecule has 0 atom stereocenters. The van der Waals surface area contributed by atoms with E-state index >= 15 is 0 Å². The summed E-state index contributed by atoms with van der Waals surface area (Å²) in [6.07, 6.45) is 7.71. The van der Waals surface area contributed by atoms with Crippen molar-refractivity contribution in [2.24, 2.45) is 0 Å². The highest BCUT2D eigenvalue weighted by atomic mass is 32.1. The third kappa shape index (κ3) is 3.47. The van der Waals surface area contributed by atoms with Crippen molar-refractivity contribution < 1.29 is 4.74 Å². The predicted octanol–water partition coefficient (Wildman–Crippen LogP) is 3.37. The molecule has 0 aliphatic rings. The number of aromatic amines is 1. The van der Waals surface area contributed by atoms with Gasteiger partial charge in [0, 0.05) is 12.1 Å². The number of rotatable bonds is 6. The van der Waals surface area contributed by atoms with Gasteiger partial charge in [0.1, 0.15) is 4.83 Å². The number of hydrogen-bond donors (Lipinski definition) is 1. The zero-order chi connectivity index (χ0) is 17.0. The summed E-state index contributed by atoms with van der Waals surface area (Å²) in [6, 6.07) is 0. The van der Waals surface area contributed by atoms with Crippen LogP contribution in [0.1, 0.15) is 32.3 Å². The summed E-state index contributed by atoms with van der Waals surface area (Å²) in [5, 5.41) is 1.20. The molecule has 0 saturated heterocycles. The SMILES string of the molecule is C/C=C(\C=C/CC)CCn1c(=O)[nH]c2sc(OC)c(C)c2c1=O. The third-order valence-corrected chi connectivity index (χ3v) is 4.94. The lowest BCUT2D eigenvalue weighted by atomic mass is 10.1. The molecule has 0 aliphatic carbocycles. The fourth-order valence-corrected chi connectivity index (χ4v) is 3.47. The maximum Gasteiger partial charge on any atom is 0.329 e. The molecule has 0 unspecified atom stereocenters. The average Bonchev–Trinajstić information content (AvgIpc) is 2.85. The summed E-state index contributed by atoms with van der Waals surface area (Å²) in [7, 11) is 1.56. The molecule has 0 aliphatic heterocycles. The standard InChI is InChI=1S/C17H22N2O3S/c1-5-7-8-12(6-2)9-10-19-15(20)13-11(3)16(22-4)23-14(13)18-17(19)21/h6-8H,5,9-10H2,1-4H3,(H,18,21)/b8-7-,12-6+. The molecule has 0 spiro atoms. The summed E-state index contributed by atoms with van der Waals surface area (Å²) < 4.78 is 6.52. The minimum Gasteiger partial charge on any atom is -0.487 e. The van der Waals surface area contributed by atoms with Crippen molar-refractivity contribution in [2.75, 3.05) is 7.11 Å². The smallest absolute Gasteiger partial charge is 0.329 e. The molecular formula is C17H22N2O3S. The van der Waals surface area contributed by atoms with E-state index in [1.807, 2.05) is 26.0 Å². The van der Waals surface area contributed by atoms with Crippen LogP contribution in [0.2, 0.25) is 0 Å². The van der Waals surface area contributed by atoms with Crippen molar-refractivity contribution in [3.8, 4) is 5.06 Å². The van der Waals surface area contributed by atoms with E-state index < -0.39 is 0 Å². The molecule has 2 aromatic rings. The Kier molecular flexibility index (Phi) is 5.60. The first-order chi connectivity index (χ1) is 11.0. The Bertz CT molecular complexity index is 868. The Hall–Kier alpha value is -2.08. The number of methoxy groups -OCH3 is 1. The minimum absolute atomic E-state index is 0.254. The van der Waals surface area contributed by atoms with Crippen molar-refractivity contribution in [2.45, 2.75) is 40.2 Å². The number of ether oxygens (including phenoxy) is 1. The monoisotopic (exact) mass is 334 g/mol. The van der Waals surface area contributed by atoms with Crippen LogP contribution in [0.5, 0.6) is 5.06 Å². The Morgan fingerprint density at radius 3 is 2.74 bits per heavy atom. The molecule has 124 valence electrons. The van der Waals surface area contributed by atoms with Gasteiger partial charge in [0.05, 0.1) is 12.5 Å². The molecule has 0 radical (unpaired) electrons. The van der Waals surface area contributed by atoms with Crippen LogP contribution in [-0.4, -0.2) is 16.7 Å². The molecule has 0 bridgehead atoms. The molecule has 6 heteroatoms. The largest absolute Gasteiger partial charge is 0.487 e. The van der Waals surface area contributed by atoms with E-state index in [0.717, 1.165) is 17.6 Å². The number of H-pyrrole nitrogens is 1. The van der Waals surface area contributed by atoms with E-state index in [1.165, 1.54) is 15.9 Å². The molecular weight excluding hydrogens is 312 g/mol. The Labute approximate surface area is 138 Å². The fourth-order valence-electron chi connectivity index (χ4n) is 2.46. The van der Waals surface area contributed by atoms with Gasteiger partial charge in [0.25, 0.3) is 5.56 Å². The quantitative estimate of drug-likeness (QED) is 0.824. The number of aromatic nitrogens is 2. The molecule has 23 heavy (non-hydrogen) atoms. The minimum atomic E-state index is -0.374. The summed E-state index contributed by atoms with van der Waals surface area (Å²) >= 11 is 1.29. The molecule has 5 nitrogen and oxygen atoms in total. The Morgan fingerprint density at radius 2 is 2.13 bits per heavy atom. The van der Waals surface area contributed by atoms with Crippen molar-refractivity contribution in [3.63, 3.8) is 0 Å². The first-order valence-corrected chi connectivity index (χ1v) is 8.47. The van der Waals surface area contributed by atoms with Crippen LogP contribution < -0.4 is 16.0 Å². The second-order valence-electron chi connectivity index (χ2n) is 5.23. The molecule has 2 aromatic heterocycles. The third-order valence-electron chi connectivity index (χ3n) is 3.78. The van der Waals surface area contributed by atoms with Crippen molar-refractivity contribution in [1.29, 1.82) is 0 Å². The molecule has 0 amide bonds. The Balaban J connectivity index is 2.42. The summed E-state index contributed by atoms with van der Waals surface area (Å²) in [4.78, 5) is 28.2. The molecule has 2 heterocycles. The zero-order valence-electron chi connectivity index (χ0n) is 13.9. The van der Waals surface area contributed by atoms with E-state index in [0.29, 0.717) is 28.2 Å². The number of thiophene rings is 1. The van der Waals surface area contributed by atoms with E-state index in [4.69, 9.17) is 4.74 Å². The van der Waals surface area contributed by atoms with E-state index in [-0.39, 0.29) is 11.2 Å². The van der Waals surface area contributed by atoms with Gasteiger partial charge < -0.3 is 4.74 Å². The maximum absolute atomic E-state index is 12.7. The van der Waals surface area contributed by atoms with Crippen molar-refractivity contribution in [3.05, 3.63) is 50.2 Å². The topological polar surface area (TPSA) is 64.1 Å². The average molecular weight is 334 g/mol. The summed E-state index contributed by atoms with van der Waals surface area (Å²) in [6.45, 7) is 6.22. The van der Waals surface area contributed by atoms with Crippen LogP contribution in [0.4, 0.5) is 0 Å². The van der Waals surface area contributed by atoms with Gasteiger partial charge >= 0.3 is 5.69 Å². The van der Waals surface area contributed by atoms with E-state index in [9.17, 15) is 9.59 Å². The molecule has 0 aromatic carbocycles. The zero-order valence-corrected chi connectivity index (χ0v) is 14.8. The highest BCUT2D eigenvalue weighted by Gasteiger charge is 2.16. The van der Waals surface area contributed by atoms with Gasteiger partial charge in [-0.2, -0.15) is 0 Å². The number of fused-ring (bicyclic) bond motifs is 1. The van der Waals surface area contributed by atoms with Crippen LogP contribution in [0.15, 0.2) is 33.4 Å². The van der Waals surface area contributed by atoms with Crippen LogP contribution in [0.3, 0.4) is 0 Å². The second-order valence-corrected chi connectivity index (χ2v) is 6.22. The van der Waals surface area contributed by atoms with Gasteiger partial charge in [-0.15, -0.1) is 0 Å². The first kappa shape index (κ1) is 17.3. The van der Waals surface area contributed by atoms with Gasteiger partial charge in [0.2, 0.25) is 0 Å². The highest BCUT2D eigenvalue weighted by Crippen LogP contribution is 2.32. The van der Waals surface area contributed by atoms with Gasteiger partial charge in [-0.25, -0.2) is 4.79 Å². The van der Waals surface area contributed by atoms with Crippen LogP contribution in [-0.2, 0) is 6.54 Å². The molecule has 1 N–H and O–H groups in total. The van der Waals surface area contributed by atoms with Crippen LogP contribution in [0, 0.1) is 6.92 Å². The van der Waals surface area contributed by atoms with Crippen molar-refractivity contribution >= 4 is 21.6 Å². The van der Waals surface area contributed by atoms with E-state index in [2.05, 4.69) is 18.0 Å². The van der Waals surface area contributed by atoms with Crippen LogP contribution in [0.25, 0.3) is 10.2 Å². The Morgan fingerprint density at radius 1 is 1.39 bits per heavy atom. The lowest BCUT2D eigenvalue weighted by molar-refractivity contribution is 0.425. The van der Waals surface area contributed by atoms with Crippen molar-refractivity contribution in [1.82, 2.24) is 9.55 Å². The lowest BCUT2D eigenvalue weighted by Gasteiger charge is -2.06. The van der Waals surface area contributed by atoms with Crippen LogP contribution >= 0.6 is 11.3 Å². The van der Waals surface area contributed by atoms with Gasteiger partial charge in [-0.1, -0.05) is 42.1 Å². The number of allylic oxidation sites excluding steroid dienone is 4. The molecule has 0 fully saturated rings. The summed E-state index contributed by atoms with van der Waals surface area (Å²) in [5.74, 6) is 0. The number of nitrogens with zero attached hydrogens (tertiary/aromatic N) is 1. The number of hydrogen-bond acceptors (Lipinski definition) is 4. The maximum atomic E-state index is 12.7. The van der Waals surface area contributed by atoms with Gasteiger partial charge in [0.15, 0.2) is 5.06 Å². The number of nitrogens with one attached hydrogen (secondary N) is 1. The molecule has 0 saturated carbocycles. The highest BCUT2D eigenvalue weighted by molar-refractivity contribution is 7.20. The normalized spacial score (nSPS) is 12.4. The van der Waals surface area contributed by atoms with E-state index in [1.54, 1.807) is 7.11 Å². The van der Waals surface area contributed by atoms with Gasteiger partial charge in [-0.05, 0) is 26.7 Å². The fraction of sp³-hybridized carbons (Fsp3) is 0.412. The number of aryl methyl sites for hydroxylation is 1. The second kappa shape index (κ2) is 7.46. The predicted molar refractivity (Wildman–Crippen MR) is 95.8 cm³/mol.